The van der Waals surface area contributed by atoms with Gasteiger partial charge in [0.2, 0.25) is 11.8 Å². The van der Waals surface area contributed by atoms with Crippen molar-refractivity contribution in [3.05, 3.63) is 52.0 Å². The highest BCUT2D eigenvalue weighted by molar-refractivity contribution is 6.32. The van der Waals surface area contributed by atoms with Gasteiger partial charge in [-0.1, -0.05) is 23.2 Å². The first-order valence-corrected chi connectivity index (χ1v) is 8.84. The quantitative estimate of drug-likeness (QED) is 0.726. The lowest BCUT2D eigenvalue weighted by Crippen LogP contribution is -2.35. The third kappa shape index (κ3) is 3.64. The van der Waals surface area contributed by atoms with Gasteiger partial charge in [0.15, 0.2) is 0 Å². The first-order chi connectivity index (χ1) is 12.4. The fourth-order valence-electron chi connectivity index (χ4n) is 2.69. The lowest BCUT2D eigenvalue weighted by Gasteiger charge is -2.17. The number of aryl methyl sites for hydroxylation is 1. The summed E-state index contributed by atoms with van der Waals surface area (Å²) in [6.07, 6.45) is 1.00. The van der Waals surface area contributed by atoms with Gasteiger partial charge in [-0.25, -0.2) is 0 Å². The van der Waals surface area contributed by atoms with Gasteiger partial charge < -0.3 is 15.4 Å². The monoisotopic (exact) mass is 392 g/mol. The van der Waals surface area contributed by atoms with Gasteiger partial charge in [0, 0.05) is 16.4 Å². The molecule has 1 aliphatic rings. The molecule has 0 bridgehead atoms. The van der Waals surface area contributed by atoms with Crippen molar-refractivity contribution in [3.63, 3.8) is 0 Å². The smallest absolute Gasteiger partial charge is 0.240 e. The molecule has 1 fully saturated rings. The number of benzene rings is 2. The molecule has 2 N–H and O–H groups in total. The van der Waals surface area contributed by atoms with E-state index in [0.29, 0.717) is 40.0 Å². The van der Waals surface area contributed by atoms with E-state index in [2.05, 4.69) is 10.6 Å². The third-order valence-corrected chi connectivity index (χ3v) is 5.00. The molecule has 0 aliphatic heterocycles. The Kier molecular flexibility index (Phi) is 5.12. The summed E-state index contributed by atoms with van der Waals surface area (Å²) in [4.78, 5) is 25.3. The number of ether oxygens (including phenoxy) is 1. The van der Waals surface area contributed by atoms with Gasteiger partial charge >= 0.3 is 0 Å². The van der Waals surface area contributed by atoms with Gasteiger partial charge in [-0.05, 0) is 61.7 Å². The number of carbonyl (C=O) groups is 2. The molecule has 3 rings (SSSR count). The van der Waals surface area contributed by atoms with Crippen LogP contribution in [0.4, 0.5) is 11.4 Å². The van der Waals surface area contributed by atoms with Crippen molar-refractivity contribution in [2.24, 2.45) is 5.41 Å². The molecule has 26 heavy (non-hydrogen) atoms. The Hall–Kier alpha value is -2.24. The molecule has 0 atom stereocenters. The zero-order chi connectivity index (χ0) is 18.9. The van der Waals surface area contributed by atoms with E-state index in [-0.39, 0.29) is 11.8 Å². The van der Waals surface area contributed by atoms with Crippen LogP contribution in [0.15, 0.2) is 36.4 Å². The largest absolute Gasteiger partial charge is 0.495 e. The van der Waals surface area contributed by atoms with Crippen LogP contribution in [0.1, 0.15) is 18.4 Å². The molecule has 2 aromatic carbocycles. The third-order valence-electron chi connectivity index (χ3n) is 4.47. The molecular weight excluding hydrogens is 375 g/mol. The predicted octanol–water partition coefficient (Wildman–Crippen LogP) is 4.67. The molecule has 0 heterocycles. The van der Waals surface area contributed by atoms with E-state index in [9.17, 15) is 9.59 Å². The zero-order valence-corrected chi connectivity index (χ0v) is 15.9. The van der Waals surface area contributed by atoms with Crippen molar-refractivity contribution in [3.8, 4) is 5.75 Å². The van der Waals surface area contributed by atoms with Gasteiger partial charge in [0.05, 0.1) is 12.1 Å². The van der Waals surface area contributed by atoms with Gasteiger partial charge in [0.1, 0.15) is 11.2 Å². The van der Waals surface area contributed by atoms with E-state index in [0.717, 1.165) is 5.56 Å². The Bertz CT molecular complexity index is 879. The molecule has 1 aliphatic carbocycles. The SMILES string of the molecule is COc1ccc(NC(=O)C2(C(=O)Nc3ccc(Cl)cc3C)CC2)cc1Cl. The van der Waals surface area contributed by atoms with Crippen molar-refractivity contribution in [2.75, 3.05) is 17.7 Å². The highest BCUT2D eigenvalue weighted by Crippen LogP contribution is 2.47. The van der Waals surface area contributed by atoms with Crippen LogP contribution in [0.3, 0.4) is 0 Å². The molecule has 136 valence electrons. The Morgan fingerprint density at radius 1 is 1.04 bits per heavy atom. The molecule has 1 saturated carbocycles. The normalized spacial score (nSPS) is 14.5. The molecule has 7 heteroatoms. The number of halogens is 2. The summed E-state index contributed by atoms with van der Waals surface area (Å²) in [6, 6.07) is 10.1. The molecule has 0 spiro atoms. The van der Waals surface area contributed by atoms with Crippen molar-refractivity contribution in [2.45, 2.75) is 19.8 Å². The second-order valence-corrected chi connectivity index (χ2v) is 7.14. The number of amides is 2. The lowest BCUT2D eigenvalue weighted by molar-refractivity contribution is -0.131. The van der Waals surface area contributed by atoms with E-state index in [1.165, 1.54) is 7.11 Å². The average Bonchev–Trinajstić information content (AvgIpc) is 3.39. The number of nitrogens with one attached hydrogen (secondary N) is 2. The molecule has 0 unspecified atom stereocenters. The fraction of sp³-hybridized carbons (Fsp3) is 0.263. The van der Waals surface area contributed by atoms with Crippen LogP contribution in [-0.2, 0) is 9.59 Å². The minimum atomic E-state index is -1.06. The van der Waals surface area contributed by atoms with Crippen molar-refractivity contribution < 1.29 is 14.3 Å². The second-order valence-electron chi connectivity index (χ2n) is 6.30. The van der Waals surface area contributed by atoms with E-state index >= 15 is 0 Å². The van der Waals surface area contributed by atoms with Crippen LogP contribution in [0.5, 0.6) is 5.75 Å². The Balaban J connectivity index is 1.72. The highest BCUT2D eigenvalue weighted by Gasteiger charge is 2.56. The first-order valence-electron chi connectivity index (χ1n) is 8.08. The van der Waals surface area contributed by atoms with Crippen LogP contribution in [0.2, 0.25) is 10.0 Å². The van der Waals surface area contributed by atoms with Crippen molar-refractivity contribution in [1.29, 1.82) is 0 Å². The van der Waals surface area contributed by atoms with Crippen molar-refractivity contribution in [1.82, 2.24) is 0 Å². The summed E-state index contributed by atoms with van der Waals surface area (Å²) in [5, 5.41) is 6.58. The number of hydrogen-bond acceptors (Lipinski definition) is 3. The topological polar surface area (TPSA) is 67.4 Å². The van der Waals surface area contributed by atoms with Gasteiger partial charge in [-0.3, -0.25) is 9.59 Å². The highest BCUT2D eigenvalue weighted by atomic mass is 35.5. The number of hydrogen-bond donors (Lipinski definition) is 2. The number of rotatable bonds is 5. The number of methoxy groups -OCH3 is 1. The summed E-state index contributed by atoms with van der Waals surface area (Å²) in [7, 11) is 1.52. The summed E-state index contributed by atoms with van der Waals surface area (Å²) >= 11 is 12.0. The van der Waals surface area contributed by atoms with Crippen LogP contribution in [-0.4, -0.2) is 18.9 Å². The van der Waals surface area contributed by atoms with E-state index < -0.39 is 5.41 Å². The summed E-state index contributed by atoms with van der Waals surface area (Å²) in [5.74, 6) is -0.148. The van der Waals surface area contributed by atoms with E-state index in [4.69, 9.17) is 27.9 Å². The summed E-state index contributed by atoms with van der Waals surface area (Å²) in [5.41, 5.74) is 0.941. The standard InChI is InChI=1S/C19H18Cl2N2O3/c1-11-9-12(20)3-5-15(11)23-18(25)19(7-8-19)17(24)22-13-4-6-16(26-2)14(21)10-13/h3-6,9-10H,7-8H2,1-2H3,(H,22,24)(H,23,25). The minimum Gasteiger partial charge on any atom is -0.495 e. The van der Waals surface area contributed by atoms with Gasteiger partial charge in [-0.15, -0.1) is 0 Å². The maximum absolute atomic E-state index is 12.7. The Labute approximate surface area is 161 Å². The van der Waals surface area contributed by atoms with Crippen LogP contribution in [0.25, 0.3) is 0 Å². The predicted molar refractivity (Wildman–Crippen MR) is 103 cm³/mol. The van der Waals surface area contributed by atoms with Crippen LogP contribution < -0.4 is 15.4 Å². The molecular formula is C19H18Cl2N2O3. The van der Waals surface area contributed by atoms with Crippen LogP contribution >= 0.6 is 23.2 Å². The molecule has 2 amide bonds. The Morgan fingerprint density at radius 3 is 2.31 bits per heavy atom. The maximum atomic E-state index is 12.7. The zero-order valence-electron chi connectivity index (χ0n) is 14.4. The second kappa shape index (κ2) is 7.17. The molecule has 5 nitrogen and oxygen atoms in total. The van der Waals surface area contributed by atoms with Gasteiger partial charge in [-0.2, -0.15) is 0 Å². The molecule has 0 radical (unpaired) electrons. The molecule has 2 aromatic rings. The fourth-order valence-corrected chi connectivity index (χ4v) is 3.17. The van der Waals surface area contributed by atoms with Crippen molar-refractivity contribution >= 4 is 46.4 Å². The van der Waals surface area contributed by atoms with E-state index in [1.54, 1.807) is 36.4 Å². The molecule has 0 saturated heterocycles. The van der Waals surface area contributed by atoms with Gasteiger partial charge in [0.25, 0.3) is 0 Å². The molecule has 0 aromatic heterocycles. The number of anilines is 2. The van der Waals surface area contributed by atoms with E-state index in [1.807, 2.05) is 6.92 Å². The summed E-state index contributed by atoms with van der Waals surface area (Å²) in [6.45, 7) is 1.85. The lowest BCUT2D eigenvalue weighted by atomic mass is 10.0. The Morgan fingerprint density at radius 2 is 1.73 bits per heavy atom. The maximum Gasteiger partial charge on any atom is 0.240 e. The number of carbonyl (C=O) groups excluding carboxylic acids is 2. The summed E-state index contributed by atoms with van der Waals surface area (Å²) < 4.78 is 5.09. The van der Waals surface area contributed by atoms with Crippen LogP contribution in [0, 0.1) is 12.3 Å². The minimum absolute atomic E-state index is 0.319. The average molecular weight is 393 g/mol. The first kappa shape index (κ1) is 18.5.